The van der Waals surface area contributed by atoms with Crippen molar-refractivity contribution in [3.63, 3.8) is 0 Å². The van der Waals surface area contributed by atoms with Crippen molar-refractivity contribution < 1.29 is 13.9 Å². The molecule has 1 amide bonds. The van der Waals surface area contributed by atoms with Crippen LogP contribution in [0.15, 0.2) is 18.2 Å². The molecule has 1 atom stereocenters. The zero-order valence-corrected chi connectivity index (χ0v) is 13.3. The van der Waals surface area contributed by atoms with Gasteiger partial charge in [-0.15, -0.1) is 12.4 Å². The predicted molar refractivity (Wildman–Crippen MR) is 82.4 cm³/mol. The van der Waals surface area contributed by atoms with Crippen molar-refractivity contribution in [3.8, 4) is 0 Å². The highest BCUT2D eigenvalue weighted by Gasteiger charge is 2.20. The van der Waals surface area contributed by atoms with E-state index in [1.807, 2.05) is 0 Å². The third-order valence-corrected chi connectivity index (χ3v) is 3.66. The van der Waals surface area contributed by atoms with E-state index in [-0.39, 0.29) is 30.9 Å². The average Bonchev–Trinajstić information content (AvgIpc) is 2.44. The Balaban J connectivity index is 0.00000220. The second-order valence-electron chi connectivity index (χ2n) is 4.88. The van der Waals surface area contributed by atoms with Crippen LogP contribution in [0.5, 0.6) is 0 Å². The quantitative estimate of drug-likeness (QED) is 0.916. The highest BCUT2D eigenvalue weighted by Crippen LogP contribution is 2.20. The minimum atomic E-state index is -0.392. The first-order valence-electron chi connectivity index (χ1n) is 6.56. The van der Waals surface area contributed by atoms with Crippen molar-refractivity contribution in [2.75, 3.05) is 26.8 Å². The molecule has 1 aliphatic rings. The number of ether oxygens (including phenoxy) is 1. The third-order valence-electron chi connectivity index (χ3n) is 3.30. The molecule has 0 spiro atoms. The standard InChI is InChI=1S/C14H18ClFN2O2.ClH/c1-18(8-11-12(15)3-2-4-13(11)16)14(19)7-10-9-20-6-5-17-10;/h2-4,10,17H,5-9H2,1H3;1H. The van der Waals surface area contributed by atoms with Crippen LogP contribution >= 0.6 is 24.0 Å². The number of carbonyl (C=O) groups excluding carboxylic acids is 1. The van der Waals surface area contributed by atoms with Gasteiger partial charge in [-0.2, -0.15) is 0 Å². The van der Waals surface area contributed by atoms with Gasteiger partial charge in [-0.3, -0.25) is 4.79 Å². The lowest BCUT2D eigenvalue weighted by molar-refractivity contribution is -0.131. The lowest BCUT2D eigenvalue weighted by Gasteiger charge is -2.26. The number of amides is 1. The molecule has 1 N–H and O–H groups in total. The number of benzene rings is 1. The van der Waals surface area contributed by atoms with E-state index in [2.05, 4.69) is 5.32 Å². The van der Waals surface area contributed by atoms with E-state index in [0.717, 1.165) is 6.54 Å². The molecule has 7 heteroatoms. The topological polar surface area (TPSA) is 41.6 Å². The minimum Gasteiger partial charge on any atom is -0.378 e. The number of rotatable bonds is 4. The summed E-state index contributed by atoms with van der Waals surface area (Å²) in [4.78, 5) is 13.6. The maximum atomic E-state index is 13.7. The van der Waals surface area contributed by atoms with E-state index in [0.29, 0.717) is 30.2 Å². The molecule has 1 heterocycles. The highest BCUT2D eigenvalue weighted by molar-refractivity contribution is 6.31. The van der Waals surface area contributed by atoms with Crippen LogP contribution < -0.4 is 5.32 Å². The van der Waals surface area contributed by atoms with Gasteiger partial charge in [0.2, 0.25) is 5.91 Å². The molecule has 2 rings (SSSR count). The zero-order valence-electron chi connectivity index (χ0n) is 11.8. The molecular formula is C14H19Cl2FN2O2. The van der Waals surface area contributed by atoms with Crippen LogP contribution in [0, 0.1) is 5.82 Å². The summed E-state index contributed by atoms with van der Waals surface area (Å²) in [6.07, 6.45) is 0.336. The fraction of sp³-hybridized carbons (Fsp3) is 0.500. The summed E-state index contributed by atoms with van der Waals surface area (Å²) in [5.74, 6) is -0.455. The van der Waals surface area contributed by atoms with Crippen molar-refractivity contribution in [2.45, 2.75) is 19.0 Å². The van der Waals surface area contributed by atoms with E-state index in [1.54, 1.807) is 19.2 Å². The van der Waals surface area contributed by atoms with E-state index in [4.69, 9.17) is 16.3 Å². The summed E-state index contributed by atoms with van der Waals surface area (Å²) in [6, 6.07) is 4.53. The number of carbonyl (C=O) groups is 1. The molecule has 1 saturated heterocycles. The Labute approximate surface area is 135 Å². The van der Waals surface area contributed by atoms with Gasteiger partial charge in [0.15, 0.2) is 0 Å². The van der Waals surface area contributed by atoms with Crippen LogP contribution in [-0.2, 0) is 16.1 Å². The number of halogens is 3. The maximum absolute atomic E-state index is 13.7. The second-order valence-corrected chi connectivity index (χ2v) is 5.29. The number of morpholine rings is 1. The van der Waals surface area contributed by atoms with Gasteiger partial charge in [0.1, 0.15) is 5.82 Å². The SMILES string of the molecule is CN(Cc1c(F)cccc1Cl)C(=O)CC1COCCN1.Cl. The lowest BCUT2D eigenvalue weighted by atomic mass is 10.1. The Bertz CT molecular complexity index is 462. The first-order chi connectivity index (χ1) is 9.58. The molecule has 1 aromatic carbocycles. The normalized spacial score (nSPS) is 18.0. The van der Waals surface area contributed by atoms with Gasteiger partial charge in [-0.25, -0.2) is 4.39 Å². The largest absolute Gasteiger partial charge is 0.378 e. The Kier molecular flexibility index (Phi) is 7.39. The van der Waals surface area contributed by atoms with E-state index >= 15 is 0 Å². The molecule has 1 fully saturated rings. The summed E-state index contributed by atoms with van der Waals surface area (Å²) in [5, 5.41) is 3.56. The second kappa shape index (κ2) is 8.54. The molecule has 0 radical (unpaired) electrons. The summed E-state index contributed by atoms with van der Waals surface area (Å²) in [7, 11) is 1.65. The van der Waals surface area contributed by atoms with E-state index in [1.165, 1.54) is 11.0 Å². The van der Waals surface area contributed by atoms with Gasteiger partial charge in [0.05, 0.1) is 13.2 Å². The minimum absolute atomic E-state index is 0. The molecule has 1 aliphatic heterocycles. The number of nitrogens with one attached hydrogen (secondary N) is 1. The van der Waals surface area contributed by atoms with Crippen molar-refractivity contribution in [2.24, 2.45) is 0 Å². The summed E-state index contributed by atoms with van der Waals surface area (Å²) in [5.41, 5.74) is 0.345. The summed E-state index contributed by atoms with van der Waals surface area (Å²) >= 11 is 5.96. The summed E-state index contributed by atoms with van der Waals surface area (Å²) in [6.45, 7) is 2.12. The highest BCUT2D eigenvalue weighted by atomic mass is 35.5. The van der Waals surface area contributed by atoms with Gasteiger partial charge >= 0.3 is 0 Å². The van der Waals surface area contributed by atoms with Crippen LogP contribution in [0.1, 0.15) is 12.0 Å². The van der Waals surface area contributed by atoms with Crippen LogP contribution in [0.4, 0.5) is 4.39 Å². The van der Waals surface area contributed by atoms with Gasteiger partial charge in [0, 0.05) is 43.2 Å². The van der Waals surface area contributed by atoms with Gasteiger partial charge in [0.25, 0.3) is 0 Å². The molecule has 4 nitrogen and oxygen atoms in total. The Morgan fingerprint density at radius 3 is 2.95 bits per heavy atom. The molecule has 0 aromatic heterocycles. The summed E-state index contributed by atoms with van der Waals surface area (Å²) < 4.78 is 19.0. The average molecular weight is 337 g/mol. The predicted octanol–water partition coefficient (Wildman–Crippen LogP) is 2.24. The fourth-order valence-electron chi connectivity index (χ4n) is 2.13. The molecule has 0 bridgehead atoms. The fourth-order valence-corrected chi connectivity index (χ4v) is 2.35. The lowest BCUT2D eigenvalue weighted by Crippen LogP contribution is -2.44. The Hall–Kier alpha value is -0.880. The third kappa shape index (κ3) is 5.11. The zero-order chi connectivity index (χ0) is 14.5. The first kappa shape index (κ1) is 18.2. The molecule has 1 unspecified atom stereocenters. The van der Waals surface area contributed by atoms with Crippen molar-refractivity contribution in [3.05, 3.63) is 34.6 Å². The molecule has 21 heavy (non-hydrogen) atoms. The molecule has 1 aromatic rings. The number of nitrogens with zero attached hydrogens (tertiary/aromatic N) is 1. The van der Waals surface area contributed by atoms with Gasteiger partial charge in [-0.1, -0.05) is 17.7 Å². The van der Waals surface area contributed by atoms with E-state index < -0.39 is 5.82 Å². The molecule has 118 valence electrons. The first-order valence-corrected chi connectivity index (χ1v) is 6.93. The van der Waals surface area contributed by atoms with Crippen molar-refractivity contribution in [1.82, 2.24) is 10.2 Å². The maximum Gasteiger partial charge on any atom is 0.224 e. The Morgan fingerprint density at radius 2 is 2.33 bits per heavy atom. The van der Waals surface area contributed by atoms with Crippen molar-refractivity contribution >= 4 is 29.9 Å². The monoisotopic (exact) mass is 336 g/mol. The smallest absolute Gasteiger partial charge is 0.224 e. The number of hydrogen-bond acceptors (Lipinski definition) is 3. The van der Waals surface area contributed by atoms with Crippen LogP contribution in [0.3, 0.4) is 0 Å². The van der Waals surface area contributed by atoms with Crippen LogP contribution in [0.25, 0.3) is 0 Å². The van der Waals surface area contributed by atoms with E-state index in [9.17, 15) is 9.18 Å². The van der Waals surface area contributed by atoms with Crippen LogP contribution in [-0.4, -0.2) is 43.7 Å². The Morgan fingerprint density at radius 1 is 1.57 bits per heavy atom. The molecule has 0 aliphatic carbocycles. The molecular weight excluding hydrogens is 318 g/mol. The van der Waals surface area contributed by atoms with Crippen LogP contribution in [0.2, 0.25) is 5.02 Å². The molecule has 0 saturated carbocycles. The number of hydrogen-bond donors (Lipinski definition) is 1. The van der Waals surface area contributed by atoms with Gasteiger partial charge < -0.3 is 15.0 Å². The van der Waals surface area contributed by atoms with Crippen molar-refractivity contribution in [1.29, 1.82) is 0 Å². The van der Waals surface area contributed by atoms with Gasteiger partial charge in [-0.05, 0) is 12.1 Å².